The molecular weight excluding hydrogens is 412 g/mol. The van der Waals surface area contributed by atoms with E-state index in [0.29, 0.717) is 13.0 Å². The molecule has 2 heterocycles. The van der Waals surface area contributed by atoms with Gasteiger partial charge in [-0.3, -0.25) is 9.59 Å². The number of nitrogens with zero attached hydrogens (tertiary/aromatic N) is 2. The van der Waals surface area contributed by atoms with Gasteiger partial charge in [-0.1, -0.05) is 18.2 Å². The van der Waals surface area contributed by atoms with E-state index in [-0.39, 0.29) is 40.8 Å². The van der Waals surface area contributed by atoms with Gasteiger partial charge in [0, 0.05) is 36.3 Å². The van der Waals surface area contributed by atoms with Crippen LogP contribution in [0.15, 0.2) is 47.4 Å². The fraction of sp³-hybridized carbons (Fsp3) is 0.417. The van der Waals surface area contributed by atoms with E-state index in [9.17, 15) is 18.0 Å². The number of hydrogen-bond donors (Lipinski definition) is 0. The van der Waals surface area contributed by atoms with Gasteiger partial charge in [0.25, 0.3) is 0 Å². The first-order valence-electron chi connectivity index (χ1n) is 10.9. The zero-order chi connectivity index (χ0) is 21.8. The first-order chi connectivity index (χ1) is 14.8. The molecule has 31 heavy (non-hydrogen) atoms. The van der Waals surface area contributed by atoms with Gasteiger partial charge >= 0.3 is 0 Å². The number of benzene rings is 2. The summed E-state index contributed by atoms with van der Waals surface area (Å²) in [6.07, 6.45) is 3.30. The molecule has 0 spiro atoms. The van der Waals surface area contributed by atoms with Crippen LogP contribution >= 0.6 is 0 Å². The topological polar surface area (TPSA) is 74.8 Å². The largest absolute Gasteiger partial charge is 0.312 e. The van der Waals surface area contributed by atoms with E-state index in [2.05, 4.69) is 0 Å². The Morgan fingerprint density at radius 2 is 1.81 bits per heavy atom. The summed E-state index contributed by atoms with van der Waals surface area (Å²) >= 11 is 0. The summed E-state index contributed by atoms with van der Waals surface area (Å²) in [5.41, 5.74) is 3.73. The van der Waals surface area contributed by atoms with Crippen molar-refractivity contribution in [1.29, 1.82) is 0 Å². The Morgan fingerprint density at radius 3 is 2.58 bits per heavy atom. The van der Waals surface area contributed by atoms with Gasteiger partial charge in [0.05, 0.1) is 10.6 Å². The Kier molecular flexibility index (Phi) is 4.88. The molecule has 3 aliphatic rings. The van der Waals surface area contributed by atoms with Crippen molar-refractivity contribution in [2.45, 2.75) is 50.0 Å². The van der Waals surface area contributed by atoms with Crippen molar-refractivity contribution in [1.82, 2.24) is 0 Å². The standard InChI is InChI=1S/C24H26N2O4S/c1-16-14-18-4-2-3-5-22(18)26(16)23(27)11-13-31(29,30)20-8-9-21-19(15-20)10-12-25(21)24(28)17-6-7-17/h2-5,8-9,15-17H,6-7,10-14H2,1H3/t16-/m0/s1. The highest BCUT2D eigenvalue weighted by Crippen LogP contribution is 2.37. The third-order valence-electron chi connectivity index (χ3n) is 6.56. The molecule has 1 fully saturated rings. The lowest BCUT2D eigenvalue weighted by Gasteiger charge is -2.22. The van der Waals surface area contributed by atoms with E-state index in [0.717, 1.165) is 41.8 Å². The first-order valence-corrected chi connectivity index (χ1v) is 12.6. The van der Waals surface area contributed by atoms with Crippen molar-refractivity contribution in [2.24, 2.45) is 5.92 Å². The van der Waals surface area contributed by atoms with E-state index < -0.39 is 9.84 Å². The minimum Gasteiger partial charge on any atom is -0.312 e. The zero-order valence-corrected chi connectivity index (χ0v) is 18.4. The number of hydrogen-bond acceptors (Lipinski definition) is 4. The minimum absolute atomic E-state index is 0.0302. The summed E-state index contributed by atoms with van der Waals surface area (Å²) in [6, 6.07) is 12.8. The minimum atomic E-state index is -3.59. The van der Waals surface area contributed by atoms with E-state index in [1.54, 1.807) is 28.0 Å². The second-order valence-corrected chi connectivity index (χ2v) is 10.9. The summed E-state index contributed by atoms with van der Waals surface area (Å²) in [6.45, 7) is 2.60. The monoisotopic (exact) mass is 438 g/mol. The fourth-order valence-electron chi connectivity index (χ4n) is 4.76. The maximum Gasteiger partial charge on any atom is 0.230 e. The predicted octanol–water partition coefficient (Wildman–Crippen LogP) is 3.13. The molecule has 2 aromatic carbocycles. The van der Waals surface area contributed by atoms with Crippen LogP contribution in [-0.2, 0) is 32.3 Å². The van der Waals surface area contributed by atoms with Crippen LogP contribution in [0, 0.1) is 5.92 Å². The molecule has 5 rings (SSSR count). The lowest BCUT2D eigenvalue weighted by Crippen LogP contribution is -2.36. The Hall–Kier alpha value is -2.67. The maximum absolute atomic E-state index is 13.0. The molecule has 0 aromatic heterocycles. The third kappa shape index (κ3) is 3.65. The van der Waals surface area contributed by atoms with Crippen LogP contribution in [0.5, 0.6) is 0 Å². The molecule has 0 radical (unpaired) electrons. The van der Waals surface area contributed by atoms with Crippen LogP contribution in [0.25, 0.3) is 0 Å². The lowest BCUT2D eigenvalue weighted by molar-refractivity contribution is -0.120. The molecule has 0 unspecified atom stereocenters. The number of fused-ring (bicyclic) bond motifs is 2. The molecule has 7 heteroatoms. The van der Waals surface area contributed by atoms with Crippen molar-refractivity contribution >= 4 is 33.0 Å². The van der Waals surface area contributed by atoms with Crippen molar-refractivity contribution in [3.63, 3.8) is 0 Å². The summed E-state index contributed by atoms with van der Waals surface area (Å²) in [7, 11) is -3.59. The molecule has 0 N–H and O–H groups in total. The zero-order valence-electron chi connectivity index (χ0n) is 17.6. The molecule has 162 valence electrons. The van der Waals surface area contributed by atoms with Gasteiger partial charge in [-0.15, -0.1) is 0 Å². The summed E-state index contributed by atoms with van der Waals surface area (Å²) < 4.78 is 25.9. The van der Waals surface area contributed by atoms with Crippen molar-refractivity contribution in [2.75, 3.05) is 22.1 Å². The highest BCUT2D eigenvalue weighted by molar-refractivity contribution is 7.91. The molecule has 1 aliphatic carbocycles. The average molecular weight is 439 g/mol. The highest BCUT2D eigenvalue weighted by atomic mass is 32.2. The number of para-hydroxylation sites is 1. The van der Waals surface area contributed by atoms with Crippen LogP contribution in [0.1, 0.15) is 37.3 Å². The van der Waals surface area contributed by atoms with Crippen LogP contribution in [0.4, 0.5) is 11.4 Å². The number of carbonyl (C=O) groups is 2. The molecule has 0 bridgehead atoms. The van der Waals surface area contributed by atoms with Gasteiger partial charge < -0.3 is 9.80 Å². The van der Waals surface area contributed by atoms with Gasteiger partial charge in [0.2, 0.25) is 11.8 Å². The Balaban J connectivity index is 1.29. The number of amides is 2. The smallest absolute Gasteiger partial charge is 0.230 e. The molecule has 2 aliphatic heterocycles. The molecule has 1 saturated carbocycles. The lowest BCUT2D eigenvalue weighted by atomic mass is 10.1. The number of anilines is 2. The number of sulfone groups is 1. The summed E-state index contributed by atoms with van der Waals surface area (Å²) in [5, 5.41) is 0. The van der Waals surface area contributed by atoms with Crippen molar-refractivity contribution < 1.29 is 18.0 Å². The maximum atomic E-state index is 13.0. The second-order valence-electron chi connectivity index (χ2n) is 8.82. The highest BCUT2D eigenvalue weighted by Gasteiger charge is 2.37. The molecule has 6 nitrogen and oxygen atoms in total. The predicted molar refractivity (Wildman–Crippen MR) is 119 cm³/mol. The third-order valence-corrected chi connectivity index (χ3v) is 8.27. The average Bonchev–Trinajstić information content (AvgIpc) is 3.43. The van der Waals surface area contributed by atoms with E-state index in [1.165, 1.54) is 0 Å². The van der Waals surface area contributed by atoms with Crippen molar-refractivity contribution in [3.8, 4) is 0 Å². The van der Waals surface area contributed by atoms with Gasteiger partial charge in [-0.25, -0.2) is 8.42 Å². The summed E-state index contributed by atoms with van der Waals surface area (Å²) in [5.74, 6) is -0.0948. The van der Waals surface area contributed by atoms with E-state index in [4.69, 9.17) is 0 Å². The van der Waals surface area contributed by atoms with Gasteiger partial charge in [0.1, 0.15) is 0 Å². The van der Waals surface area contributed by atoms with E-state index in [1.807, 2.05) is 31.2 Å². The van der Waals surface area contributed by atoms with Crippen LogP contribution in [0.3, 0.4) is 0 Å². The normalized spacial score (nSPS) is 20.0. The van der Waals surface area contributed by atoms with Crippen LogP contribution < -0.4 is 9.80 Å². The molecule has 2 aromatic rings. The molecular formula is C24H26N2O4S. The fourth-order valence-corrected chi connectivity index (χ4v) is 6.03. The Bertz CT molecular complexity index is 1170. The Labute approximate surface area is 182 Å². The number of carbonyl (C=O) groups excluding carboxylic acids is 2. The first kappa shape index (κ1) is 20.2. The molecule has 1 atom stereocenters. The Morgan fingerprint density at radius 1 is 1.03 bits per heavy atom. The van der Waals surface area contributed by atoms with Gasteiger partial charge in [-0.05, 0) is 68.0 Å². The van der Waals surface area contributed by atoms with E-state index >= 15 is 0 Å². The molecule has 0 saturated heterocycles. The summed E-state index contributed by atoms with van der Waals surface area (Å²) in [4.78, 5) is 29.1. The second kappa shape index (κ2) is 7.48. The quantitative estimate of drug-likeness (QED) is 0.719. The van der Waals surface area contributed by atoms with Gasteiger partial charge in [-0.2, -0.15) is 0 Å². The van der Waals surface area contributed by atoms with Gasteiger partial charge in [0.15, 0.2) is 9.84 Å². The van der Waals surface area contributed by atoms with Crippen LogP contribution in [-0.4, -0.2) is 38.6 Å². The van der Waals surface area contributed by atoms with Crippen molar-refractivity contribution in [3.05, 3.63) is 53.6 Å². The SMILES string of the molecule is C[C@H]1Cc2ccccc2N1C(=O)CCS(=O)(=O)c1ccc2c(c1)CCN2C(=O)C1CC1. The number of rotatable bonds is 5. The molecule has 2 amide bonds. The van der Waals surface area contributed by atoms with Crippen LogP contribution in [0.2, 0.25) is 0 Å².